The van der Waals surface area contributed by atoms with Crippen LogP contribution in [0.25, 0.3) is 17.1 Å². The number of rotatable bonds is 7. The van der Waals surface area contributed by atoms with Gasteiger partial charge in [0.2, 0.25) is 0 Å². The molecule has 0 fully saturated rings. The van der Waals surface area contributed by atoms with Gasteiger partial charge in [-0.25, -0.2) is 10.1 Å². The van der Waals surface area contributed by atoms with E-state index in [9.17, 15) is 0 Å². The largest absolute Gasteiger partial charge is 0.323 e. The van der Waals surface area contributed by atoms with Gasteiger partial charge in [0.1, 0.15) is 15.0 Å². The first kappa shape index (κ1) is 19.1. The summed E-state index contributed by atoms with van der Waals surface area (Å²) in [6.07, 6.45) is 7.26. The van der Waals surface area contributed by atoms with E-state index in [-0.39, 0.29) is 0 Å². The third kappa shape index (κ3) is 3.95. The molecule has 0 bridgehead atoms. The SMILES string of the molecule is CCCCc1nc(Br)c(Br)n1Cc1ccc(-n2ccc(-c3nnn[nH]3)c2)cc1. The lowest BCUT2D eigenvalue weighted by Gasteiger charge is -2.10. The van der Waals surface area contributed by atoms with Crippen LogP contribution in [0.5, 0.6) is 0 Å². The van der Waals surface area contributed by atoms with Crippen molar-refractivity contribution in [2.45, 2.75) is 32.7 Å². The molecule has 0 saturated heterocycles. The van der Waals surface area contributed by atoms with Crippen molar-refractivity contribution < 1.29 is 0 Å². The first-order chi connectivity index (χ1) is 13.7. The van der Waals surface area contributed by atoms with Gasteiger partial charge in [-0.1, -0.05) is 25.5 Å². The molecule has 0 amide bonds. The molecular formula is C19H19Br2N7. The van der Waals surface area contributed by atoms with Gasteiger partial charge in [0.25, 0.3) is 0 Å². The molecule has 7 nitrogen and oxygen atoms in total. The molecule has 0 spiro atoms. The maximum atomic E-state index is 4.65. The summed E-state index contributed by atoms with van der Waals surface area (Å²) in [6, 6.07) is 10.5. The molecule has 1 N–H and O–H groups in total. The number of nitrogens with one attached hydrogen (secondary N) is 1. The number of unbranched alkanes of at least 4 members (excludes halogenated alkanes) is 1. The predicted molar refractivity (Wildman–Crippen MR) is 114 cm³/mol. The highest BCUT2D eigenvalue weighted by molar-refractivity contribution is 9.13. The molecule has 4 aromatic rings. The fraction of sp³-hybridized carbons (Fsp3) is 0.263. The molecule has 144 valence electrons. The van der Waals surface area contributed by atoms with Gasteiger partial charge >= 0.3 is 0 Å². The Morgan fingerprint density at radius 1 is 1.11 bits per heavy atom. The Bertz CT molecular complexity index is 1050. The number of H-pyrrole nitrogens is 1. The molecule has 0 aliphatic heterocycles. The summed E-state index contributed by atoms with van der Waals surface area (Å²) in [4.78, 5) is 4.65. The molecule has 28 heavy (non-hydrogen) atoms. The van der Waals surface area contributed by atoms with E-state index < -0.39 is 0 Å². The molecule has 0 aliphatic rings. The van der Waals surface area contributed by atoms with Crippen LogP contribution in [0.15, 0.2) is 51.9 Å². The lowest BCUT2D eigenvalue weighted by Crippen LogP contribution is -2.06. The molecule has 4 rings (SSSR count). The van der Waals surface area contributed by atoms with Crippen LogP contribution in [-0.4, -0.2) is 34.7 Å². The minimum absolute atomic E-state index is 0.658. The smallest absolute Gasteiger partial charge is 0.180 e. The van der Waals surface area contributed by atoms with Crippen LogP contribution >= 0.6 is 31.9 Å². The van der Waals surface area contributed by atoms with Crippen molar-refractivity contribution in [2.75, 3.05) is 0 Å². The number of imidazole rings is 1. The van der Waals surface area contributed by atoms with Crippen molar-refractivity contribution in [2.24, 2.45) is 0 Å². The molecule has 0 saturated carbocycles. The minimum atomic E-state index is 0.658. The summed E-state index contributed by atoms with van der Waals surface area (Å²) in [5, 5.41) is 14.0. The topological polar surface area (TPSA) is 77.2 Å². The fourth-order valence-corrected chi connectivity index (χ4v) is 3.90. The monoisotopic (exact) mass is 503 g/mol. The zero-order chi connectivity index (χ0) is 19.5. The van der Waals surface area contributed by atoms with Crippen LogP contribution in [-0.2, 0) is 13.0 Å². The Hall–Kier alpha value is -2.26. The van der Waals surface area contributed by atoms with Crippen LogP contribution < -0.4 is 0 Å². The number of aromatic amines is 1. The Balaban J connectivity index is 1.53. The zero-order valence-corrected chi connectivity index (χ0v) is 18.5. The van der Waals surface area contributed by atoms with Gasteiger partial charge < -0.3 is 9.13 Å². The molecule has 0 unspecified atom stereocenters. The van der Waals surface area contributed by atoms with Crippen LogP contribution in [0.4, 0.5) is 0 Å². The van der Waals surface area contributed by atoms with E-state index in [2.05, 4.69) is 97.8 Å². The molecule has 1 aromatic carbocycles. The highest BCUT2D eigenvalue weighted by atomic mass is 79.9. The number of nitrogens with zero attached hydrogens (tertiary/aromatic N) is 6. The average molecular weight is 505 g/mol. The standard InChI is InChI=1S/C19H19Br2N7/c1-2-3-4-16-22-17(20)18(21)28(16)11-13-5-7-15(8-6-13)27-10-9-14(12-27)19-23-25-26-24-19/h5-10,12H,2-4,11H2,1H3,(H,23,24,25,26). The summed E-state index contributed by atoms with van der Waals surface area (Å²) >= 11 is 7.19. The van der Waals surface area contributed by atoms with Crippen LogP contribution in [0.3, 0.4) is 0 Å². The molecule has 0 atom stereocenters. The number of aryl methyl sites for hydroxylation is 1. The van der Waals surface area contributed by atoms with Gasteiger partial charge in [0.05, 0.1) is 0 Å². The van der Waals surface area contributed by atoms with E-state index in [0.717, 1.165) is 52.1 Å². The first-order valence-corrected chi connectivity index (χ1v) is 10.7. The average Bonchev–Trinajstić information content (AvgIpc) is 3.44. The van der Waals surface area contributed by atoms with Crippen molar-refractivity contribution in [1.82, 2.24) is 34.7 Å². The van der Waals surface area contributed by atoms with Crippen molar-refractivity contribution in [3.05, 3.63) is 63.3 Å². The van der Waals surface area contributed by atoms with Crippen LogP contribution in [0.1, 0.15) is 31.2 Å². The summed E-state index contributed by atoms with van der Waals surface area (Å²) in [5.74, 6) is 1.76. The van der Waals surface area contributed by atoms with E-state index in [0.29, 0.717) is 5.82 Å². The third-order valence-corrected chi connectivity index (χ3v) is 6.48. The van der Waals surface area contributed by atoms with E-state index in [1.165, 1.54) is 5.56 Å². The second kappa shape index (κ2) is 8.40. The third-order valence-electron chi connectivity index (χ3n) is 4.59. The van der Waals surface area contributed by atoms with Crippen molar-refractivity contribution >= 4 is 31.9 Å². The Morgan fingerprint density at radius 2 is 1.93 bits per heavy atom. The number of tetrazole rings is 1. The Labute approximate surface area is 179 Å². The summed E-state index contributed by atoms with van der Waals surface area (Å²) in [7, 11) is 0. The molecule has 0 radical (unpaired) electrons. The number of benzene rings is 1. The number of hydrogen-bond donors (Lipinski definition) is 1. The maximum absolute atomic E-state index is 4.65. The predicted octanol–water partition coefficient (Wildman–Crippen LogP) is 4.77. The van der Waals surface area contributed by atoms with Gasteiger partial charge in [-0.3, -0.25) is 0 Å². The van der Waals surface area contributed by atoms with Crippen molar-refractivity contribution in [3.63, 3.8) is 0 Å². The van der Waals surface area contributed by atoms with Crippen LogP contribution in [0.2, 0.25) is 0 Å². The summed E-state index contributed by atoms with van der Waals surface area (Å²) in [6.45, 7) is 2.97. The Kier molecular flexibility index (Phi) is 5.72. The molecule has 0 aliphatic carbocycles. The van der Waals surface area contributed by atoms with E-state index in [1.807, 2.05) is 18.5 Å². The molecular weight excluding hydrogens is 486 g/mol. The minimum Gasteiger partial charge on any atom is -0.323 e. The highest BCUT2D eigenvalue weighted by Gasteiger charge is 2.13. The molecule has 9 heteroatoms. The lowest BCUT2D eigenvalue weighted by atomic mass is 10.2. The van der Waals surface area contributed by atoms with Crippen LogP contribution in [0, 0.1) is 0 Å². The molecule has 3 aromatic heterocycles. The van der Waals surface area contributed by atoms with Crippen molar-refractivity contribution in [3.8, 4) is 17.1 Å². The fourth-order valence-electron chi connectivity index (χ4n) is 3.07. The van der Waals surface area contributed by atoms with E-state index in [1.54, 1.807) is 0 Å². The van der Waals surface area contributed by atoms with E-state index in [4.69, 9.17) is 0 Å². The number of aromatic nitrogens is 7. The van der Waals surface area contributed by atoms with Gasteiger partial charge in [-0.2, -0.15) is 0 Å². The van der Waals surface area contributed by atoms with Gasteiger partial charge in [-0.15, -0.1) is 5.10 Å². The van der Waals surface area contributed by atoms with Gasteiger partial charge in [0.15, 0.2) is 5.82 Å². The number of hydrogen-bond acceptors (Lipinski definition) is 4. The van der Waals surface area contributed by atoms with E-state index >= 15 is 0 Å². The Morgan fingerprint density at radius 3 is 2.64 bits per heavy atom. The number of halogens is 2. The zero-order valence-electron chi connectivity index (χ0n) is 15.3. The normalized spacial score (nSPS) is 11.2. The second-order valence-corrected chi connectivity index (χ2v) is 8.03. The highest BCUT2D eigenvalue weighted by Crippen LogP contribution is 2.26. The van der Waals surface area contributed by atoms with Gasteiger partial charge in [0, 0.05) is 36.6 Å². The second-order valence-electron chi connectivity index (χ2n) is 6.52. The van der Waals surface area contributed by atoms with Crippen molar-refractivity contribution in [1.29, 1.82) is 0 Å². The van der Waals surface area contributed by atoms with Gasteiger partial charge in [-0.05, 0) is 72.5 Å². The first-order valence-electron chi connectivity index (χ1n) is 9.07. The quantitative estimate of drug-likeness (QED) is 0.393. The maximum Gasteiger partial charge on any atom is 0.180 e. The summed E-state index contributed by atoms with van der Waals surface area (Å²) in [5.41, 5.74) is 3.25. The lowest BCUT2D eigenvalue weighted by molar-refractivity contribution is 0.670. The summed E-state index contributed by atoms with van der Waals surface area (Å²) < 4.78 is 6.12. The molecule has 3 heterocycles.